The summed E-state index contributed by atoms with van der Waals surface area (Å²) in [7, 11) is 0. The average Bonchev–Trinajstić information content (AvgIpc) is 1.39. The molecule has 0 aromatic carbocycles. The Hall–Kier alpha value is -0.0551. The number of nitrogens with zero attached hydrogens (tertiary/aromatic N) is 2. The van der Waals surface area contributed by atoms with Crippen molar-refractivity contribution in [3.63, 3.8) is 0 Å². The van der Waals surface area contributed by atoms with Gasteiger partial charge in [-0.1, -0.05) is 0 Å². The number of carbonyl (C=O) groups is 3. The van der Waals surface area contributed by atoms with E-state index in [0.717, 1.165) is 38.9 Å². The minimum Gasteiger partial charge on any atom is -1.00 e. The van der Waals surface area contributed by atoms with Crippen LogP contribution < -0.4 is 29.6 Å². The fourth-order valence-corrected chi connectivity index (χ4v) is 10.6. The Morgan fingerprint density at radius 3 is 1.26 bits per heavy atom. The van der Waals surface area contributed by atoms with E-state index in [1.54, 1.807) is 20.8 Å². The molecule has 8 heterocycles. The Morgan fingerprint density at radius 2 is 0.968 bits per heavy atom. The second-order valence-corrected chi connectivity index (χ2v) is 24.5. The van der Waals surface area contributed by atoms with Crippen molar-refractivity contribution >= 4 is 89.8 Å². The zero-order valence-electron chi connectivity index (χ0n) is 55.9. The molecule has 3 radical (unpaired) electrons. The number of nitroso groups, excluding NO2 is 1. The summed E-state index contributed by atoms with van der Waals surface area (Å²) in [4.78, 5) is 40.5. The topological polar surface area (TPSA) is 596 Å². The van der Waals surface area contributed by atoms with E-state index in [0.29, 0.717) is 0 Å². The summed E-state index contributed by atoms with van der Waals surface area (Å²) < 4.78 is 54.8. The van der Waals surface area contributed by atoms with Crippen LogP contribution in [-0.4, -0.2) is 325 Å². The second kappa shape index (κ2) is 52.9. The molecule has 4 bridgehead atoms. The molecule has 35 nitrogen and oxygen atoms in total. The van der Waals surface area contributed by atoms with Gasteiger partial charge in [-0.3, -0.25) is 9.45 Å². The van der Waals surface area contributed by atoms with Crippen molar-refractivity contribution in [2.45, 2.75) is 271 Å². The van der Waals surface area contributed by atoms with Gasteiger partial charge in [-0.05, 0) is 104 Å². The number of hydroxylamine groups is 2. The first kappa shape index (κ1) is 109. The van der Waals surface area contributed by atoms with Gasteiger partial charge in [-0.2, -0.15) is 5.06 Å². The van der Waals surface area contributed by atoms with E-state index in [4.69, 9.17) is 81.9 Å². The van der Waals surface area contributed by atoms with Crippen LogP contribution in [0.4, 0.5) is 0 Å². The Kier molecular flexibility index (Phi) is 61.9. The van der Waals surface area contributed by atoms with E-state index in [2.05, 4.69) is 39.6 Å². The van der Waals surface area contributed by atoms with Crippen LogP contribution in [0.3, 0.4) is 0 Å². The Labute approximate surface area is 601 Å². The number of carboxylic acids is 2. The van der Waals surface area contributed by atoms with Crippen LogP contribution in [0, 0.1) is 4.91 Å². The summed E-state index contributed by atoms with van der Waals surface area (Å²) in [5, 5.41) is 158. The predicted molar refractivity (Wildman–Crippen MR) is 339 cm³/mol. The van der Waals surface area contributed by atoms with Crippen LogP contribution >= 0.6 is 63.1 Å². The van der Waals surface area contributed by atoms with Crippen molar-refractivity contribution in [1.82, 2.24) is 5.06 Å². The van der Waals surface area contributed by atoms with Crippen molar-refractivity contribution in [3.8, 4) is 0 Å². The number of ether oxygens (including phenoxy) is 8. The van der Waals surface area contributed by atoms with Gasteiger partial charge in [-0.15, -0.1) is 12.4 Å². The summed E-state index contributed by atoms with van der Waals surface area (Å²) in [6.45, 7) is 24.3. The first-order valence-electron chi connectivity index (χ1n) is 28.0. The molecule has 0 amide bonds. The van der Waals surface area contributed by atoms with Gasteiger partial charge in [0.15, 0.2) is 34.9 Å². The molecular weight excluding hydrogens is 1490 g/mol. The van der Waals surface area contributed by atoms with Gasteiger partial charge in [0.2, 0.25) is 11.1 Å². The monoisotopic (exact) mass is 1600 g/mol. The molecule has 0 spiro atoms. The molecule has 8 aliphatic rings. The van der Waals surface area contributed by atoms with Gasteiger partial charge < -0.3 is 146 Å². The maximum atomic E-state index is 11.7. The molecule has 41 heteroatoms. The number of hydrogen-bond acceptors (Lipinski definition) is 30. The number of carboxylic acid groups (broad SMARTS) is 2. The normalized spacial score (nSPS) is 35.3. The van der Waals surface area contributed by atoms with Crippen LogP contribution in [0.1, 0.15) is 130 Å². The molecule has 8 aliphatic heterocycles. The molecule has 20 atom stereocenters. The minimum atomic E-state index is -1.89. The first-order chi connectivity index (χ1) is 40.7. The number of hydrogen-bond donors (Lipinski definition) is 19. The fraction of sp³-hybridized carbons (Fsp3) is 0.942. The smallest absolute Gasteiger partial charge is 1.00 e. The number of aliphatic carboxylic acids is 2. The van der Waals surface area contributed by atoms with Crippen LogP contribution in [0.5, 0.6) is 0 Å². The van der Waals surface area contributed by atoms with Gasteiger partial charge in [0.25, 0.3) is 5.97 Å². The molecule has 8 saturated heterocycles. The Balaban J connectivity index is -0.000000135. The number of aliphatic hydroxyl groups excluding tert-OH is 13. The number of fused-ring (bicyclic) bond motifs is 4. The maximum absolute atomic E-state index is 11.7. The molecule has 8 fully saturated rings. The third kappa shape index (κ3) is 34.0. The summed E-state index contributed by atoms with van der Waals surface area (Å²) >= 11 is 7.06. The third-order valence-electron chi connectivity index (χ3n) is 13.9. The van der Waals surface area contributed by atoms with Crippen LogP contribution in [0.2, 0.25) is 0 Å². The fourth-order valence-electron chi connectivity index (χ4n) is 9.84. The zero-order chi connectivity index (χ0) is 69.6. The maximum Gasteiger partial charge on any atom is 1.00 e. The van der Waals surface area contributed by atoms with Crippen LogP contribution in [-0.2, 0) is 52.3 Å². The number of aliphatic hydroxyl groups is 14. The van der Waals surface area contributed by atoms with Gasteiger partial charge in [-0.25, -0.2) is 4.79 Å². The van der Waals surface area contributed by atoms with Crippen LogP contribution in [0.25, 0.3) is 0 Å². The Morgan fingerprint density at radius 1 is 0.656 bits per heavy atom. The number of halogens is 4. The second-order valence-electron chi connectivity index (χ2n) is 22.7. The molecule has 7 unspecified atom stereocenters. The first-order valence-corrected chi connectivity index (χ1v) is 30.1. The molecule has 555 valence electrons. The molecule has 0 saturated carbocycles. The molecular formula is C52H108BBrCl2IN2NaO33+. The standard InChI is InChI=1S/C12H19IO10.C12H18O11.C9H19NO.C9H18NO.C2H4O2.3C2H6O.C2H4O.B.BrHO.ClHO.ClH.Na.2H2O.H/c13-12(19)4(1-14)22-11(6(16)9(12)17)23-7-3-2-20-8(7)5(15)10(18)21-3;13-3-4(14)9(10(17)18)23-12(5(3)15)22-7-2-1-20-8(7)6(16)11(19)21-2;2*1-8(2)6-5-7-9(3,4)10(8)11;1-2(3)4;4*1-2-3;;2*1-2;;;;;/h3-11,14-19H,1-2H2;2-9,11-16,19H,1H2,(H,17,18);11H,5-7H2,1-4H3;5-7H2,1-4H3;1H3,(H,3,4);3*3H,2H2,1H3;2H,1H3;;2*2H;1H;;2*1H2;/q;;;+1;;;;;;;;;;+1;;;-1/t3?,4?,5-,6+,7-,8?,9-,10-,11?,12+;2?,3-,4+,5-,6+,7+,8?,9?,11+,12+;;;;;;;;;;;;;;;/m10.............../s1. The van der Waals surface area contributed by atoms with Crippen molar-refractivity contribution in [2.75, 3.05) is 39.6 Å². The summed E-state index contributed by atoms with van der Waals surface area (Å²) in [5.74, 6) is -2.37. The number of carbonyl (C=O) groups excluding carboxylic acids is 1. The van der Waals surface area contributed by atoms with Crippen LogP contribution in [0.15, 0.2) is 0 Å². The Bertz CT molecular complexity index is 1910. The van der Waals surface area contributed by atoms with E-state index in [-0.39, 0.29) is 118 Å². The zero-order valence-corrected chi connectivity index (χ0v) is 62.3. The molecule has 0 aliphatic carbocycles. The largest absolute Gasteiger partial charge is 1.00 e. The van der Waals surface area contributed by atoms with E-state index in [1.807, 2.05) is 44.0 Å². The van der Waals surface area contributed by atoms with Crippen molar-refractivity contribution in [2.24, 2.45) is 0 Å². The average molecular weight is 1600 g/mol. The van der Waals surface area contributed by atoms with Gasteiger partial charge in [0.1, 0.15) is 91.7 Å². The summed E-state index contributed by atoms with van der Waals surface area (Å²) in [5.41, 5.74) is -0.382. The van der Waals surface area contributed by atoms with E-state index >= 15 is 0 Å². The summed E-state index contributed by atoms with van der Waals surface area (Å²) in [6, 6.07) is 0. The number of alkyl halides is 1. The van der Waals surface area contributed by atoms with E-state index in [1.165, 1.54) is 52.2 Å². The molecule has 0 aromatic rings. The van der Waals surface area contributed by atoms with Crippen molar-refractivity contribution < 1.29 is 195 Å². The number of piperidine rings is 2. The molecule has 8 rings (SSSR count). The van der Waals surface area contributed by atoms with Gasteiger partial charge >= 0.3 is 35.5 Å². The van der Waals surface area contributed by atoms with E-state index in [9.17, 15) is 71.1 Å². The predicted octanol–water partition coefficient (Wildman–Crippen LogP) is -6.70. The third-order valence-corrected chi connectivity index (χ3v) is 15.2. The molecule has 0 aromatic heterocycles. The summed E-state index contributed by atoms with van der Waals surface area (Å²) in [6.07, 6.45) is -17.8. The quantitative estimate of drug-likeness (QED) is 0.0386. The molecule has 23 N–H and O–H groups in total. The van der Waals surface area contributed by atoms with Crippen molar-refractivity contribution in [1.29, 1.82) is 0 Å². The number of rotatable bonds is 6. The van der Waals surface area contributed by atoms with Gasteiger partial charge in [0.05, 0.1) is 47.9 Å². The molecule has 93 heavy (non-hydrogen) atoms. The SMILES string of the molecule is CC(=O)O.CC1(C)CCCC(C)(C)N1O.CC1(C)CCCC(C)(C)[N+]1=O.CC=O.CCO.CCO.CCO.Cl.O.O.O=C(O)C1O[C@@H](O[C@@H]2C3COC2[C@@H](O)[C@H](O)O3)[C@@H](O)[C@@H](O)[C@H]1O.OBr.OCC1OC(O[C@@H]2C3COC2[C@@H](O)[C@H](O)O3)[C@@H](O)[C@@H](O)[C@]1(O)I.OCl.[B].[H-].[Na+]. The van der Waals surface area contributed by atoms with Gasteiger partial charge in [0, 0.05) is 96.4 Å². The minimum absolute atomic E-state index is 0. The van der Waals surface area contributed by atoms with E-state index < -0.39 is 139 Å². The number of aldehydes is 1. The van der Waals surface area contributed by atoms with Crippen molar-refractivity contribution in [3.05, 3.63) is 4.91 Å².